The zero-order valence-corrected chi connectivity index (χ0v) is 17.8. The SMILES string of the molecule is CC1CN(Cc2csc(NC(=O)CCCNC(=O)c3cccs3)n2)CC(C)O1. The van der Waals surface area contributed by atoms with Crippen LogP contribution in [0.15, 0.2) is 22.9 Å². The molecule has 2 amide bonds. The van der Waals surface area contributed by atoms with Crippen LogP contribution in [0, 0.1) is 0 Å². The van der Waals surface area contributed by atoms with Gasteiger partial charge >= 0.3 is 0 Å². The number of carbonyl (C=O) groups is 2. The van der Waals surface area contributed by atoms with E-state index in [1.807, 2.05) is 16.8 Å². The number of anilines is 1. The van der Waals surface area contributed by atoms with E-state index in [9.17, 15) is 9.59 Å². The average molecular weight is 423 g/mol. The molecule has 0 spiro atoms. The van der Waals surface area contributed by atoms with Gasteiger partial charge in [0.2, 0.25) is 5.91 Å². The van der Waals surface area contributed by atoms with Crippen LogP contribution in [0.2, 0.25) is 0 Å². The van der Waals surface area contributed by atoms with Gasteiger partial charge in [0.15, 0.2) is 5.13 Å². The summed E-state index contributed by atoms with van der Waals surface area (Å²) in [7, 11) is 0. The number of thiazole rings is 1. The number of carbonyl (C=O) groups excluding carboxylic acids is 2. The van der Waals surface area contributed by atoms with Crippen molar-refractivity contribution in [1.82, 2.24) is 15.2 Å². The molecule has 9 heteroatoms. The van der Waals surface area contributed by atoms with E-state index in [0.717, 1.165) is 25.3 Å². The Kier molecular flexibility index (Phi) is 7.55. The Labute approximate surface area is 173 Å². The Morgan fingerprint density at radius 3 is 2.79 bits per heavy atom. The van der Waals surface area contributed by atoms with Gasteiger partial charge in [0, 0.05) is 38.0 Å². The summed E-state index contributed by atoms with van der Waals surface area (Å²) in [6, 6.07) is 3.63. The van der Waals surface area contributed by atoms with Crippen molar-refractivity contribution < 1.29 is 14.3 Å². The monoisotopic (exact) mass is 422 g/mol. The number of rotatable bonds is 8. The second kappa shape index (κ2) is 10.1. The molecular formula is C19H26N4O3S2. The van der Waals surface area contributed by atoms with Gasteiger partial charge < -0.3 is 15.4 Å². The van der Waals surface area contributed by atoms with Crippen LogP contribution in [-0.2, 0) is 16.1 Å². The lowest BCUT2D eigenvalue weighted by molar-refractivity contribution is -0.116. The van der Waals surface area contributed by atoms with Crippen LogP contribution in [0.25, 0.3) is 0 Å². The van der Waals surface area contributed by atoms with Crippen molar-refractivity contribution in [2.45, 2.75) is 45.4 Å². The van der Waals surface area contributed by atoms with Gasteiger partial charge in [0.1, 0.15) is 0 Å². The molecule has 0 aliphatic carbocycles. The Bertz CT molecular complexity index is 768. The fourth-order valence-electron chi connectivity index (χ4n) is 3.21. The minimum atomic E-state index is -0.0910. The predicted molar refractivity (Wildman–Crippen MR) is 112 cm³/mol. The van der Waals surface area contributed by atoms with Gasteiger partial charge in [-0.3, -0.25) is 14.5 Å². The van der Waals surface area contributed by atoms with Gasteiger partial charge in [0.25, 0.3) is 5.91 Å². The molecule has 1 saturated heterocycles. The van der Waals surface area contributed by atoms with Crippen LogP contribution in [0.3, 0.4) is 0 Å². The highest BCUT2D eigenvalue weighted by atomic mass is 32.1. The molecular weight excluding hydrogens is 396 g/mol. The van der Waals surface area contributed by atoms with Gasteiger partial charge in [0.05, 0.1) is 22.8 Å². The topological polar surface area (TPSA) is 83.6 Å². The van der Waals surface area contributed by atoms with Crippen molar-refractivity contribution in [2.75, 3.05) is 25.0 Å². The lowest BCUT2D eigenvalue weighted by atomic mass is 10.2. The van der Waals surface area contributed by atoms with E-state index in [0.29, 0.717) is 29.4 Å². The molecule has 2 unspecified atom stereocenters. The molecule has 3 heterocycles. The summed E-state index contributed by atoms with van der Waals surface area (Å²) < 4.78 is 5.75. The minimum Gasteiger partial charge on any atom is -0.373 e. The number of morpholine rings is 1. The zero-order chi connectivity index (χ0) is 19.9. The van der Waals surface area contributed by atoms with Gasteiger partial charge in [-0.2, -0.15) is 0 Å². The first-order valence-electron chi connectivity index (χ1n) is 9.43. The Balaban J connectivity index is 1.36. The molecule has 1 fully saturated rings. The lowest BCUT2D eigenvalue weighted by Crippen LogP contribution is -2.44. The normalized spacial score (nSPS) is 20.1. The maximum absolute atomic E-state index is 12.1. The molecule has 2 aromatic heterocycles. The molecule has 7 nitrogen and oxygen atoms in total. The molecule has 0 saturated carbocycles. The van der Waals surface area contributed by atoms with Crippen LogP contribution in [0.4, 0.5) is 5.13 Å². The average Bonchev–Trinajstić information content (AvgIpc) is 3.30. The second-order valence-corrected chi connectivity index (χ2v) is 8.79. The molecule has 0 radical (unpaired) electrons. The fraction of sp³-hybridized carbons (Fsp3) is 0.526. The van der Waals surface area contributed by atoms with E-state index in [1.165, 1.54) is 22.7 Å². The van der Waals surface area contributed by atoms with Crippen molar-refractivity contribution in [3.8, 4) is 0 Å². The van der Waals surface area contributed by atoms with Crippen LogP contribution in [0.1, 0.15) is 42.1 Å². The van der Waals surface area contributed by atoms with Crippen molar-refractivity contribution in [2.24, 2.45) is 0 Å². The third-order valence-corrected chi connectivity index (χ3v) is 5.97. The maximum atomic E-state index is 12.1. The zero-order valence-electron chi connectivity index (χ0n) is 16.1. The highest BCUT2D eigenvalue weighted by molar-refractivity contribution is 7.14. The minimum absolute atomic E-state index is 0.0834. The summed E-state index contributed by atoms with van der Waals surface area (Å²) in [6.45, 7) is 7.18. The third kappa shape index (κ3) is 6.37. The number of ether oxygens (including phenoxy) is 1. The molecule has 3 rings (SSSR count). The summed E-state index contributed by atoms with van der Waals surface area (Å²) >= 11 is 2.84. The van der Waals surface area contributed by atoms with E-state index >= 15 is 0 Å². The van der Waals surface area contributed by atoms with E-state index in [1.54, 1.807) is 6.07 Å². The molecule has 1 aliphatic rings. The summed E-state index contributed by atoms with van der Waals surface area (Å²) in [6.07, 6.45) is 1.38. The number of aromatic nitrogens is 1. The Morgan fingerprint density at radius 1 is 1.29 bits per heavy atom. The van der Waals surface area contributed by atoms with Crippen molar-refractivity contribution >= 4 is 39.6 Å². The van der Waals surface area contributed by atoms with Crippen LogP contribution >= 0.6 is 22.7 Å². The molecule has 2 aromatic rings. The highest BCUT2D eigenvalue weighted by Crippen LogP contribution is 2.19. The van der Waals surface area contributed by atoms with E-state index in [-0.39, 0.29) is 24.0 Å². The van der Waals surface area contributed by atoms with Gasteiger partial charge in [-0.05, 0) is 31.7 Å². The predicted octanol–water partition coefficient (Wildman–Crippen LogP) is 2.96. The van der Waals surface area contributed by atoms with Crippen LogP contribution < -0.4 is 10.6 Å². The number of hydrogen-bond acceptors (Lipinski definition) is 7. The summed E-state index contributed by atoms with van der Waals surface area (Å²) in [4.78, 5) is 31.4. The number of amides is 2. The largest absolute Gasteiger partial charge is 0.373 e. The smallest absolute Gasteiger partial charge is 0.261 e. The van der Waals surface area contributed by atoms with E-state index < -0.39 is 0 Å². The lowest BCUT2D eigenvalue weighted by Gasteiger charge is -2.34. The Morgan fingerprint density at radius 2 is 2.07 bits per heavy atom. The summed E-state index contributed by atoms with van der Waals surface area (Å²) in [5.74, 6) is -0.174. The summed E-state index contributed by atoms with van der Waals surface area (Å²) in [5.41, 5.74) is 0.963. The number of hydrogen-bond donors (Lipinski definition) is 2. The van der Waals surface area contributed by atoms with E-state index in [2.05, 4.69) is 34.4 Å². The van der Waals surface area contributed by atoms with Crippen molar-refractivity contribution in [3.63, 3.8) is 0 Å². The quantitative estimate of drug-likeness (QED) is 0.639. The Hall–Kier alpha value is -1.81. The number of thiophene rings is 1. The standard InChI is InChI=1S/C19H26N4O3S2/c1-13-9-23(10-14(2)26-13)11-15-12-28-19(21-15)22-17(24)6-3-7-20-18(25)16-5-4-8-27-16/h4-5,8,12-14H,3,6-7,9-11H2,1-2H3,(H,20,25)(H,21,22,24). The second-order valence-electron chi connectivity index (χ2n) is 6.98. The fourth-order valence-corrected chi connectivity index (χ4v) is 4.56. The van der Waals surface area contributed by atoms with Crippen molar-refractivity contribution in [3.05, 3.63) is 33.5 Å². The molecule has 0 bridgehead atoms. The molecule has 152 valence electrons. The first-order valence-corrected chi connectivity index (χ1v) is 11.2. The number of nitrogens with zero attached hydrogens (tertiary/aromatic N) is 2. The highest BCUT2D eigenvalue weighted by Gasteiger charge is 2.22. The van der Waals surface area contributed by atoms with Crippen LogP contribution in [0.5, 0.6) is 0 Å². The summed E-state index contributed by atoms with van der Waals surface area (Å²) in [5, 5.41) is 10.1. The van der Waals surface area contributed by atoms with Crippen LogP contribution in [-0.4, -0.2) is 53.5 Å². The van der Waals surface area contributed by atoms with Gasteiger partial charge in [-0.1, -0.05) is 6.07 Å². The first-order chi connectivity index (χ1) is 13.5. The van der Waals surface area contributed by atoms with Gasteiger partial charge in [-0.25, -0.2) is 4.98 Å². The van der Waals surface area contributed by atoms with Gasteiger partial charge in [-0.15, -0.1) is 22.7 Å². The van der Waals surface area contributed by atoms with E-state index in [4.69, 9.17) is 4.74 Å². The molecule has 0 aromatic carbocycles. The maximum Gasteiger partial charge on any atom is 0.261 e. The third-order valence-electron chi connectivity index (χ3n) is 4.29. The molecule has 2 N–H and O–H groups in total. The first kappa shape index (κ1) is 20.9. The number of nitrogens with one attached hydrogen (secondary N) is 2. The molecule has 2 atom stereocenters. The van der Waals surface area contributed by atoms with Crippen molar-refractivity contribution in [1.29, 1.82) is 0 Å². The molecule has 1 aliphatic heterocycles. The molecule has 28 heavy (non-hydrogen) atoms.